The van der Waals surface area contributed by atoms with Crippen LogP contribution in [0.2, 0.25) is 5.02 Å². The summed E-state index contributed by atoms with van der Waals surface area (Å²) in [5.74, 6) is -1.01. The van der Waals surface area contributed by atoms with E-state index in [-0.39, 0.29) is 23.7 Å². The second-order valence-electron chi connectivity index (χ2n) is 7.21. The third-order valence-electron chi connectivity index (χ3n) is 4.85. The normalized spacial score (nSPS) is 15.2. The minimum Gasteiger partial charge on any atom is -0.326 e. The van der Waals surface area contributed by atoms with Gasteiger partial charge in [0.2, 0.25) is 11.8 Å². The molecule has 0 spiro atoms. The maximum Gasteiger partial charge on any atom is 0.257 e. The summed E-state index contributed by atoms with van der Waals surface area (Å²) in [6.07, 6.45) is -0.118. The number of fused-ring (bicyclic) bond motifs is 1. The molecule has 1 aliphatic heterocycles. The number of nitrogens with zero attached hydrogens (tertiary/aromatic N) is 1. The molecule has 2 heterocycles. The van der Waals surface area contributed by atoms with Gasteiger partial charge < -0.3 is 15.6 Å². The summed E-state index contributed by atoms with van der Waals surface area (Å²) >= 11 is 7.22. The number of aromatic nitrogens is 2. The fourth-order valence-electron chi connectivity index (χ4n) is 3.24. The number of hydrogen-bond donors (Lipinski definition) is 3. The Morgan fingerprint density at radius 1 is 1.16 bits per heavy atom. The summed E-state index contributed by atoms with van der Waals surface area (Å²) in [4.78, 5) is 45.0. The maximum absolute atomic E-state index is 12.8. The van der Waals surface area contributed by atoms with Gasteiger partial charge in [-0.3, -0.25) is 14.4 Å². The Bertz CT molecular complexity index is 1190. The first kappa shape index (κ1) is 21.1. The fourth-order valence-corrected chi connectivity index (χ4v) is 4.18. The molecule has 7 nitrogen and oxygen atoms in total. The van der Waals surface area contributed by atoms with Gasteiger partial charge in [-0.05, 0) is 36.8 Å². The van der Waals surface area contributed by atoms with Crippen LogP contribution in [0, 0.1) is 6.92 Å². The number of anilines is 2. The average molecular weight is 455 g/mol. The largest absolute Gasteiger partial charge is 0.326 e. The van der Waals surface area contributed by atoms with Crippen molar-refractivity contribution in [3.8, 4) is 0 Å². The first-order chi connectivity index (χ1) is 14.9. The lowest BCUT2D eigenvalue weighted by Gasteiger charge is -2.23. The number of aromatic amines is 1. The predicted molar refractivity (Wildman–Crippen MR) is 122 cm³/mol. The van der Waals surface area contributed by atoms with Gasteiger partial charge in [0, 0.05) is 22.9 Å². The van der Waals surface area contributed by atoms with Gasteiger partial charge in [0.1, 0.15) is 5.82 Å². The summed E-state index contributed by atoms with van der Waals surface area (Å²) in [7, 11) is 0. The molecule has 0 radical (unpaired) electrons. The fraction of sp³-hybridized carbons (Fsp3) is 0.182. The number of benzene rings is 2. The van der Waals surface area contributed by atoms with Crippen molar-refractivity contribution in [3.05, 3.63) is 80.6 Å². The molecule has 3 aromatic rings. The highest BCUT2D eigenvalue weighted by Crippen LogP contribution is 2.31. The number of carbonyl (C=O) groups excluding carboxylic acids is 2. The Kier molecular flexibility index (Phi) is 6.11. The maximum atomic E-state index is 12.8. The van der Waals surface area contributed by atoms with E-state index in [2.05, 4.69) is 20.6 Å². The van der Waals surface area contributed by atoms with Crippen LogP contribution < -0.4 is 16.2 Å². The molecule has 2 aromatic carbocycles. The Balaban J connectivity index is 1.56. The van der Waals surface area contributed by atoms with Gasteiger partial charge in [0.05, 0.1) is 11.5 Å². The van der Waals surface area contributed by atoms with Crippen LogP contribution in [0.4, 0.5) is 11.5 Å². The standard InChI is InChI=1S/C22H19ClN4O3S/c1-12-2-8-15(9-3-12)24-20(29)16-10-17(28)25-19-18(16)21(30)27-22(26-19)31-11-13-4-6-14(23)7-5-13/h2-9,16H,10-11H2,1H3,(H,24,29)(H2,25,26,27,28,30)/t16-/m0/s1. The van der Waals surface area contributed by atoms with E-state index in [1.807, 2.05) is 31.2 Å². The molecule has 1 aromatic heterocycles. The summed E-state index contributed by atoms with van der Waals surface area (Å²) < 4.78 is 0. The Labute approximate surface area is 187 Å². The zero-order valence-corrected chi connectivity index (χ0v) is 18.1. The van der Waals surface area contributed by atoms with Crippen molar-refractivity contribution in [3.63, 3.8) is 0 Å². The molecule has 0 bridgehead atoms. The summed E-state index contributed by atoms with van der Waals surface area (Å²) in [5.41, 5.74) is 2.40. The van der Waals surface area contributed by atoms with Crippen molar-refractivity contribution in [2.75, 3.05) is 10.6 Å². The smallest absolute Gasteiger partial charge is 0.257 e. The van der Waals surface area contributed by atoms with Gasteiger partial charge in [0.15, 0.2) is 5.16 Å². The molecule has 0 saturated heterocycles. The number of halogens is 1. The monoisotopic (exact) mass is 454 g/mol. The van der Waals surface area contributed by atoms with Gasteiger partial charge >= 0.3 is 0 Å². The number of H-pyrrole nitrogens is 1. The quantitative estimate of drug-likeness (QED) is 0.398. The third-order valence-corrected chi connectivity index (χ3v) is 6.05. The van der Waals surface area contributed by atoms with E-state index in [0.717, 1.165) is 11.1 Å². The number of aryl methyl sites for hydroxylation is 1. The van der Waals surface area contributed by atoms with E-state index in [0.29, 0.717) is 21.6 Å². The van der Waals surface area contributed by atoms with Crippen LogP contribution >= 0.6 is 23.4 Å². The molecular formula is C22H19ClN4O3S. The van der Waals surface area contributed by atoms with Gasteiger partial charge in [-0.25, -0.2) is 4.98 Å². The molecule has 0 aliphatic carbocycles. The van der Waals surface area contributed by atoms with E-state index < -0.39 is 17.4 Å². The average Bonchev–Trinajstić information content (AvgIpc) is 2.74. The zero-order valence-electron chi connectivity index (χ0n) is 16.6. The van der Waals surface area contributed by atoms with Crippen molar-refractivity contribution in [2.45, 2.75) is 30.2 Å². The van der Waals surface area contributed by atoms with Crippen LogP contribution in [0.25, 0.3) is 0 Å². The number of thioether (sulfide) groups is 1. The van der Waals surface area contributed by atoms with Gasteiger partial charge in [0.25, 0.3) is 5.56 Å². The minimum atomic E-state index is -0.920. The first-order valence-corrected chi connectivity index (χ1v) is 10.9. The second kappa shape index (κ2) is 8.95. The van der Waals surface area contributed by atoms with Crippen molar-refractivity contribution in [1.29, 1.82) is 0 Å². The van der Waals surface area contributed by atoms with E-state index in [9.17, 15) is 14.4 Å². The number of nitrogens with one attached hydrogen (secondary N) is 3. The van der Waals surface area contributed by atoms with E-state index in [1.165, 1.54) is 11.8 Å². The van der Waals surface area contributed by atoms with Crippen molar-refractivity contribution in [1.82, 2.24) is 9.97 Å². The molecule has 31 heavy (non-hydrogen) atoms. The van der Waals surface area contributed by atoms with Crippen LogP contribution in [0.3, 0.4) is 0 Å². The SMILES string of the molecule is Cc1ccc(NC(=O)[C@H]2CC(=O)Nc3nc(SCc4ccc(Cl)cc4)[nH]c(=O)c32)cc1. The molecule has 0 saturated carbocycles. The number of carbonyl (C=O) groups is 2. The highest BCUT2D eigenvalue weighted by atomic mass is 35.5. The number of hydrogen-bond acceptors (Lipinski definition) is 5. The van der Waals surface area contributed by atoms with Gasteiger partial charge in [-0.2, -0.15) is 0 Å². The number of rotatable bonds is 5. The lowest BCUT2D eigenvalue weighted by Crippen LogP contribution is -2.36. The molecule has 1 aliphatic rings. The molecular weight excluding hydrogens is 436 g/mol. The molecule has 0 fully saturated rings. The Morgan fingerprint density at radius 3 is 2.58 bits per heavy atom. The van der Waals surface area contributed by atoms with Crippen molar-refractivity contribution >= 4 is 46.7 Å². The second-order valence-corrected chi connectivity index (χ2v) is 8.61. The van der Waals surface area contributed by atoms with Crippen LogP contribution in [0.1, 0.15) is 29.0 Å². The third kappa shape index (κ3) is 4.98. The summed E-state index contributed by atoms with van der Waals surface area (Å²) in [6, 6.07) is 14.6. The molecule has 4 rings (SSSR count). The highest BCUT2D eigenvalue weighted by molar-refractivity contribution is 7.98. The van der Waals surface area contributed by atoms with Gasteiger partial charge in [-0.15, -0.1) is 0 Å². The molecule has 9 heteroatoms. The van der Waals surface area contributed by atoms with E-state index in [4.69, 9.17) is 11.6 Å². The van der Waals surface area contributed by atoms with E-state index >= 15 is 0 Å². The Morgan fingerprint density at radius 2 is 1.87 bits per heavy atom. The first-order valence-electron chi connectivity index (χ1n) is 9.58. The molecule has 2 amide bonds. The van der Waals surface area contributed by atoms with Crippen LogP contribution in [-0.4, -0.2) is 21.8 Å². The van der Waals surface area contributed by atoms with Crippen molar-refractivity contribution < 1.29 is 9.59 Å². The number of amides is 2. The summed E-state index contributed by atoms with van der Waals surface area (Å²) in [5, 5.41) is 6.40. The lowest BCUT2D eigenvalue weighted by molar-refractivity contribution is -0.123. The zero-order chi connectivity index (χ0) is 22.0. The van der Waals surface area contributed by atoms with Gasteiger partial charge in [-0.1, -0.05) is 53.2 Å². The highest BCUT2D eigenvalue weighted by Gasteiger charge is 2.34. The Hall–Kier alpha value is -3.10. The molecule has 158 valence electrons. The van der Waals surface area contributed by atoms with Crippen molar-refractivity contribution in [2.24, 2.45) is 0 Å². The van der Waals surface area contributed by atoms with Crippen LogP contribution in [0.15, 0.2) is 58.5 Å². The topological polar surface area (TPSA) is 104 Å². The predicted octanol–water partition coefficient (Wildman–Crippen LogP) is 4.09. The lowest BCUT2D eigenvalue weighted by atomic mass is 9.92. The van der Waals surface area contributed by atoms with Crippen LogP contribution in [-0.2, 0) is 15.3 Å². The van der Waals surface area contributed by atoms with Crippen LogP contribution in [0.5, 0.6) is 0 Å². The minimum absolute atomic E-state index is 0.118. The molecule has 1 atom stereocenters. The van der Waals surface area contributed by atoms with E-state index in [1.54, 1.807) is 24.3 Å². The molecule has 3 N–H and O–H groups in total. The summed E-state index contributed by atoms with van der Waals surface area (Å²) in [6.45, 7) is 1.95. The molecule has 0 unspecified atom stereocenters.